The quantitative estimate of drug-likeness (QED) is 0.308. The number of carbonyl (C=O) groups excluding carboxylic acids is 1. The zero-order valence-corrected chi connectivity index (χ0v) is 18.3. The molecule has 0 heterocycles. The first-order valence-corrected chi connectivity index (χ1v) is 9.06. The highest BCUT2D eigenvalue weighted by atomic mass is 127. The normalized spacial score (nSPS) is 12.0. The Labute approximate surface area is 178 Å². The third-order valence-electron chi connectivity index (χ3n) is 4.20. The van der Waals surface area contributed by atoms with Crippen molar-refractivity contribution in [3.8, 4) is 0 Å². The van der Waals surface area contributed by atoms with Gasteiger partial charge >= 0.3 is 0 Å². The summed E-state index contributed by atoms with van der Waals surface area (Å²) in [5.74, 6) is 0.385. The molecule has 27 heavy (non-hydrogen) atoms. The van der Waals surface area contributed by atoms with Gasteiger partial charge in [0.05, 0.1) is 6.54 Å². The van der Waals surface area contributed by atoms with Crippen LogP contribution in [-0.4, -0.2) is 24.5 Å². The Morgan fingerprint density at radius 3 is 2.37 bits per heavy atom. The first-order chi connectivity index (χ1) is 12.6. The molecule has 0 spiro atoms. The van der Waals surface area contributed by atoms with Crippen molar-refractivity contribution in [1.82, 2.24) is 10.6 Å². The van der Waals surface area contributed by atoms with Crippen LogP contribution in [0.1, 0.15) is 41.8 Å². The number of carbonyl (C=O) groups is 1. The summed E-state index contributed by atoms with van der Waals surface area (Å²) in [7, 11) is 0. The van der Waals surface area contributed by atoms with E-state index < -0.39 is 0 Å². The van der Waals surface area contributed by atoms with E-state index in [1.54, 1.807) is 0 Å². The number of aliphatic imine (C=N–C) groups is 1. The van der Waals surface area contributed by atoms with Gasteiger partial charge in [-0.2, -0.15) is 0 Å². The van der Waals surface area contributed by atoms with Crippen LogP contribution in [0, 0.1) is 0 Å². The maximum absolute atomic E-state index is 12.1. The van der Waals surface area contributed by atoms with Crippen LogP contribution in [-0.2, 0) is 13.0 Å². The van der Waals surface area contributed by atoms with Crippen LogP contribution in [0.3, 0.4) is 0 Å². The summed E-state index contributed by atoms with van der Waals surface area (Å²) >= 11 is 0. The van der Waals surface area contributed by atoms with Gasteiger partial charge in [-0.1, -0.05) is 49.4 Å². The molecule has 2 aromatic rings. The number of hydrogen-bond donors (Lipinski definition) is 3. The average molecular weight is 480 g/mol. The van der Waals surface area contributed by atoms with Crippen molar-refractivity contribution in [3.63, 3.8) is 0 Å². The van der Waals surface area contributed by atoms with E-state index in [2.05, 4.69) is 27.8 Å². The van der Waals surface area contributed by atoms with Gasteiger partial charge in [-0.25, -0.2) is 4.99 Å². The first kappa shape index (κ1) is 23.0. The van der Waals surface area contributed by atoms with Crippen LogP contribution >= 0.6 is 24.0 Å². The minimum absolute atomic E-state index is 0. The number of nitrogens with two attached hydrogens (primary N) is 1. The molecule has 0 saturated heterocycles. The van der Waals surface area contributed by atoms with E-state index in [-0.39, 0.29) is 35.9 Å². The third kappa shape index (κ3) is 8.43. The van der Waals surface area contributed by atoms with Gasteiger partial charge in [0.15, 0.2) is 5.96 Å². The molecule has 0 saturated carbocycles. The average Bonchev–Trinajstić information content (AvgIpc) is 2.67. The molecule has 0 aliphatic rings. The van der Waals surface area contributed by atoms with Crippen LogP contribution in [0.5, 0.6) is 0 Å². The molecule has 1 unspecified atom stereocenters. The van der Waals surface area contributed by atoms with Crippen LogP contribution < -0.4 is 16.4 Å². The molecule has 0 aliphatic heterocycles. The van der Waals surface area contributed by atoms with E-state index in [1.165, 1.54) is 5.56 Å². The van der Waals surface area contributed by atoms with Crippen LogP contribution in [0.2, 0.25) is 0 Å². The summed E-state index contributed by atoms with van der Waals surface area (Å²) < 4.78 is 0. The number of guanidine groups is 1. The first-order valence-electron chi connectivity index (χ1n) is 9.06. The van der Waals surface area contributed by atoms with Gasteiger partial charge in [0.2, 0.25) is 0 Å². The predicted octanol–water partition coefficient (Wildman–Crippen LogP) is 3.48. The van der Waals surface area contributed by atoms with E-state index in [0.29, 0.717) is 18.1 Å². The molecule has 1 atom stereocenters. The largest absolute Gasteiger partial charge is 0.370 e. The van der Waals surface area contributed by atoms with Crippen molar-refractivity contribution in [2.24, 2.45) is 10.7 Å². The molecule has 0 aromatic heterocycles. The lowest BCUT2D eigenvalue weighted by Gasteiger charge is -2.11. The molecule has 146 valence electrons. The van der Waals surface area contributed by atoms with Crippen molar-refractivity contribution in [3.05, 3.63) is 71.3 Å². The van der Waals surface area contributed by atoms with Crippen molar-refractivity contribution in [2.45, 2.75) is 39.3 Å². The summed E-state index contributed by atoms with van der Waals surface area (Å²) in [6, 6.07) is 17.9. The lowest BCUT2D eigenvalue weighted by Crippen LogP contribution is -2.33. The molecular formula is C21H29IN4O. The fraction of sp³-hybridized carbons (Fsp3) is 0.333. The summed E-state index contributed by atoms with van der Waals surface area (Å²) in [6.45, 7) is 5.27. The minimum atomic E-state index is -0.0449. The number of nitrogens with zero attached hydrogens (tertiary/aromatic N) is 1. The topological polar surface area (TPSA) is 79.5 Å². The number of benzene rings is 2. The molecule has 4 N–H and O–H groups in total. The van der Waals surface area contributed by atoms with Crippen LogP contribution in [0.25, 0.3) is 0 Å². The Balaban J connectivity index is 0.00000364. The monoisotopic (exact) mass is 480 g/mol. The van der Waals surface area contributed by atoms with Crippen molar-refractivity contribution in [2.75, 3.05) is 6.54 Å². The van der Waals surface area contributed by atoms with Crippen LogP contribution in [0.15, 0.2) is 59.6 Å². The lowest BCUT2D eigenvalue weighted by molar-refractivity contribution is 0.0939. The second-order valence-corrected chi connectivity index (χ2v) is 6.34. The van der Waals surface area contributed by atoms with E-state index in [4.69, 9.17) is 5.73 Å². The van der Waals surface area contributed by atoms with E-state index in [9.17, 15) is 4.79 Å². The molecule has 0 radical (unpaired) electrons. The Bertz CT molecular complexity index is 717. The number of nitrogens with one attached hydrogen (secondary N) is 2. The van der Waals surface area contributed by atoms with Crippen LogP contribution in [0.4, 0.5) is 0 Å². The molecule has 0 aliphatic carbocycles. The fourth-order valence-electron chi connectivity index (χ4n) is 2.38. The Morgan fingerprint density at radius 2 is 1.74 bits per heavy atom. The van der Waals surface area contributed by atoms with E-state index in [0.717, 1.165) is 24.9 Å². The van der Waals surface area contributed by atoms with Gasteiger partial charge in [-0.05, 0) is 43.0 Å². The second-order valence-electron chi connectivity index (χ2n) is 6.34. The molecule has 5 nitrogen and oxygen atoms in total. The van der Waals surface area contributed by atoms with Gasteiger partial charge in [-0.15, -0.1) is 24.0 Å². The molecule has 0 fully saturated rings. The molecule has 2 rings (SSSR count). The van der Waals surface area contributed by atoms with E-state index >= 15 is 0 Å². The van der Waals surface area contributed by atoms with Gasteiger partial charge in [0.1, 0.15) is 0 Å². The van der Waals surface area contributed by atoms with Crippen molar-refractivity contribution in [1.29, 1.82) is 0 Å². The summed E-state index contributed by atoms with van der Waals surface area (Å²) in [5.41, 5.74) is 8.84. The highest BCUT2D eigenvalue weighted by molar-refractivity contribution is 14.0. The van der Waals surface area contributed by atoms with E-state index in [1.807, 2.05) is 56.3 Å². The molecular weight excluding hydrogens is 451 g/mol. The van der Waals surface area contributed by atoms with Gasteiger partial charge in [0.25, 0.3) is 5.91 Å². The standard InChI is InChI=1S/C21H28N4O.HI/c1-3-16(2)25-20(26)19-11-9-18(10-12-19)15-24-21(22)23-14-13-17-7-5-4-6-8-17;/h4-12,16H,3,13-15H2,1-2H3,(H,25,26)(H3,22,23,24);1H. The number of hydrogen-bond acceptors (Lipinski definition) is 2. The third-order valence-corrected chi connectivity index (χ3v) is 4.20. The van der Waals surface area contributed by atoms with Crippen molar-refractivity contribution < 1.29 is 4.79 Å². The fourth-order valence-corrected chi connectivity index (χ4v) is 2.38. The molecule has 6 heteroatoms. The molecule has 1 amide bonds. The summed E-state index contributed by atoms with van der Waals surface area (Å²) in [5, 5.41) is 6.08. The summed E-state index contributed by atoms with van der Waals surface area (Å²) in [4.78, 5) is 16.4. The zero-order valence-electron chi connectivity index (χ0n) is 15.9. The smallest absolute Gasteiger partial charge is 0.251 e. The Hall–Kier alpha value is -2.09. The maximum Gasteiger partial charge on any atom is 0.251 e. The SMILES string of the molecule is CCC(C)NC(=O)c1ccc(CN=C(N)NCCc2ccccc2)cc1.I. The van der Waals surface area contributed by atoms with Crippen molar-refractivity contribution >= 4 is 35.8 Å². The molecule has 2 aromatic carbocycles. The van der Waals surface area contributed by atoms with Gasteiger partial charge < -0.3 is 16.4 Å². The lowest BCUT2D eigenvalue weighted by atomic mass is 10.1. The maximum atomic E-state index is 12.1. The Kier molecular flexibility index (Phi) is 10.5. The highest BCUT2D eigenvalue weighted by Gasteiger charge is 2.08. The second kappa shape index (κ2) is 12.3. The minimum Gasteiger partial charge on any atom is -0.370 e. The number of rotatable bonds is 8. The summed E-state index contributed by atoms with van der Waals surface area (Å²) in [6.07, 6.45) is 1.81. The molecule has 0 bridgehead atoms. The Morgan fingerprint density at radius 1 is 1.07 bits per heavy atom. The predicted molar refractivity (Wildman–Crippen MR) is 123 cm³/mol. The number of amides is 1. The number of halogens is 1. The van der Waals surface area contributed by atoms with Gasteiger partial charge in [-0.3, -0.25) is 4.79 Å². The zero-order chi connectivity index (χ0) is 18.8. The highest BCUT2D eigenvalue weighted by Crippen LogP contribution is 2.06. The van der Waals surface area contributed by atoms with Gasteiger partial charge in [0, 0.05) is 18.2 Å².